The van der Waals surface area contributed by atoms with Crippen LogP contribution in [0.4, 0.5) is 0 Å². The molecule has 0 aliphatic rings. The molecule has 0 heterocycles. The number of ether oxygens (including phenoxy) is 2. The lowest BCUT2D eigenvalue weighted by molar-refractivity contribution is 0.0734. The summed E-state index contributed by atoms with van der Waals surface area (Å²) >= 11 is 0. The molecular formula is C28H22O4. The Morgan fingerprint density at radius 1 is 0.594 bits per heavy atom. The van der Waals surface area contributed by atoms with E-state index in [9.17, 15) is 9.59 Å². The second-order valence-corrected chi connectivity index (χ2v) is 7.22. The predicted molar refractivity (Wildman–Crippen MR) is 123 cm³/mol. The van der Waals surface area contributed by atoms with Crippen molar-refractivity contribution in [1.82, 2.24) is 0 Å². The number of esters is 1. The van der Waals surface area contributed by atoms with E-state index in [1.807, 2.05) is 42.5 Å². The molecule has 0 saturated carbocycles. The fourth-order valence-corrected chi connectivity index (χ4v) is 3.24. The van der Waals surface area contributed by atoms with Gasteiger partial charge in [-0.05, 0) is 48.0 Å². The fraction of sp³-hybridized carbons (Fsp3) is 0.0714. The molecule has 158 valence electrons. The third kappa shape index (κ3) is 5.49. The normalized spacial score (nSPS) is 10.4. The van der Waals surface area contributed by atoms with E-state index in [0.29, 0.717) is 34.8 Å². The smallest absolute Gasteiger partial charge is 0.343 e. The van der Waals surface area contributed by atoms with Crippen molar-refractivity contribution in [3.05, 3.63) is 131 Å². The predicted octanol–water partition coefficient (Wildman–Crippen LogP) is 5.76. The monoisotopic (exact) mass is 422 g/mol. The van der Waals surface area contributed by atoms with Crippen LogP contribution in [-0.2, 0) is 6.42 Å². The van der Waals surface area contributed by atoms with Gasteiger partial charge in [0, 0.05) is 17.5 Å². The van der Waals surface area contributed by atoms with Gasteiger partial charge in [0.25, 0.3) is 0 Å². The van der Waals surface area contributed by atoms with Crippen molar-refractivity contribution in [3.8, 4) is 11.5 Å². The van der Waals surface area contributed by atoms with E-state index in [-0.39, 0.29) is 5.78 Å². The van der Waals surface area contributed by atoms with Crippen LogP contribution in [0.1, 0.15) is 31.8 Å². The van der Waals surface area contributed by atoms with Gasteiger partial charge < -0.3 is 9.47 Å². The highest BCUT2D eigenvalue weighted by molar-refractivity contribution is 6.09. The van der Waals surface area contributed by atoms with E-state index in [1.165, 1.54) is 5.56 Å². The molecule has 0 fully saturated rings. The van der Waals surface area contributed by atoms with Crippen LogP contribution in [0.25, 0.3) is 0 Å². The van der Waals surface area contributed by atoms with Gasteiger partial charge in [-0.1, -0.05) is 66.7 Å². The van der Waals surface area contributed by atoms with E-state index in [0.717, 1.165) is 6.42 Å². The molecule has 4 aromatic carbocycles. The zero-order chi connectivity index (χ0) is 22.2. The molecule has 0 unspecified atom stereocenters. The Morgan fingerprint density at radius 3 is 1.94 bits per heavy atom. The molecule has 0 saturated heterocycles. The third-order valence-corrected chi connectivity index (χ3v) is 4.94. The van der Waals surface area contributed by atoms with E-state index >= 15 is 0 Å². The maximum absolute atomic E-state index is 12.6. The highest BCUT2D eigenvalue weighted by Gasteiger charge is 2.12. The summed E-state index contributed by atoms with van der Waals surface area (Å²) in [5, 5.41) is 0. The van der Waals surface area contributed by atoms with Crippen LogP contribution in [0.3, 0.4) is 0 Å². The summed E-state index contributed by atoms with van der Waals surface area (Å²) in [7, 11) is 0. The average Bonchev–Trinajstić information content (AvgIpc) is 2.85. The van der Waals surface area contributed by atoms with E-state index < -0.39 is 5.97 Å². The maximum Gasteiger partial charge on any atom is 0.343 e. The molecular weight excluding hydrogens is 400 g/mol. The molecule has 0 amide bonds. The molecule has 4 aromatic rings. The molecule has 0 aromatic heterocycles. The van der Waals surface area contributed by atoms with Gasteiger partial charge in [0.15, 0.2) is 5.78 Å². The first kappa shape index (κ1) is 21.1. The van der Waals surface area contributed by atoms with Crippen molar-refractivity contribution in [3.63, 3.8) is 0 Å². The van der Waals surface area contributed by atoms with Gasteiger partial charge in [0.2, 0.25) is 0 Å². The number of carbonyl (C=O) groups excluding carboxylic acids is 2. The summed E-state index contributed by atoms with van der Waals surface area (Å²) in [5.74, 6) is 0.415. The Hall–Kier alpha value is -4.18. The number of hydrogen-bond donors (Lipinski definition) is 0. The van der Waals surface area contributed by atoms with E-state index in [4.69, 9.17) is 9.47 Å². The minimum absolute atomic E-state index is 0.0798. The van der Waals surface area contributed by atoms with Gasteiger partial charge >= 0.3 is 5.97 Å². The van der Waals surface area contributed by atoms with E-state index in [1.54, 1.807) is 54.6 Å². The van der Waals surface area contributed by atoms with Gasteiger partial charge in [-0.25, -0.2) is 4.79 Å². The van der Waals surface area contributed by atoms with Crippen molar-refractivity contribution >= 4 is 11.8 Å². The molecule has 4 nitrogen and oxygen atoms in total. The molecule has 0 aliphatic heterocycles. The number of benzene rings is 4. The molecule has 32 heavy (non-hydrogen) atoms. The quantitative estimate of drug-likeness (QED) is 0.206. The number of rotatable bonds is 8. The summed E-state index contributed by atoms with van der Waals surface area (Å²) in [6, 6.07) is 32.6. The fourth-order valence-electron chi connectivity index (χ4n) is 3.24. The summed E-state index contributed by atoms with van der Waals surface area (Å²) in [6.45, 7) is 0.513. The molecule has 4 rings (SSSR count). The van der Waals surface area contributed by atoms with E-state index in [2.05, 4.69) is 12.1 Å². The lowest BCUT2D eigenvalue weighted by Crippen LogP contribution is -2.09. The summed E-state index contributed by atoms with van der Waals surface area (Å²) < 4.78 is 11.3. The Kier molecular flexibility index (Phi) is 6.73. The van der Waals surface area contributed by atoms with Crippen LogP contribution in [0.5, 0.6) is 11.5 Å². The largest absolute Gasteiger partial charge is 0.493 e. The number of ketones is 1. The first-order valence-corrected chi connectivity index (χ1v) is 10.4. The second kappa shape index (κ2) is 10.2. The van der Waals surface area contributed by atoms with Crippen LogP contribution in [0.15, 0.2) is 109 Å². The zero-order valence-electron chi connectivity index (χ0n) is 17.4. The third-order valence-electron chi connectivity index (χ3n) is 4.94. The molecule has 0 aliphatic carbocycles. The lowest BCUT2D eigenvalue weighted by Gasteiger charge is -2.09. The Balaban J connectivity index is 1.35. The Morgan fingerprint density at radius 2 is 1.22 bits per heavy atom. The van der Waals surface area contributed by atoms with Crippen molar-refractivity contribution in [1.29, 1.82) is 0 Å². The van der Waals surface area contributed by atoms with Crippen molar-refractivity contribution in [2.75, 3.05) is 6.61 Å². The van der Waals surface area contributed by atoms with Gasteiger partial charge in [-0.3, -0.25) is 4.79 Å². The summed E-state index contributed by atoms with van der Waals surface area (Å²) in [4.78, 5) is 25.1. The zero-order valence-corrected chi connectivity index (χ0v) is 17.4. The molecule has 4 heteroatoms. The Labute approximate surface area is 187 Å². The van der Waals surface area contributed by atoms with Crippen LogP contribution >= 0.6 is 0 Å². The molecule has 0 atom stereocenters. The van der Waals surface area contributed by atoms with Crippen molar-refractivity contribution in [2.24, 2.45) is 0 Å². The second-order valence-electron chi connectivity index (χ2n) is 7.22. The van der Waals surface area contributed by atoms with Crippen molar-refractivity contribution < 1.29 is 19.1 Å². The van der Waals surface area contributed by atoms with Crippen LogP contribution < -0.4 is 9.47 Å². The minimum atomic E-state index is -0.486. The van der Waals surface area contributed by atoms with Crippen LogP contribution in [-0.4, -0.2) is 18.4 Å². The first-order valence-electron chi connectivity index (χ1n) is 10.4. The lowest BCUT2D eigenvalue weighted by atomic mass is 10.0. The topological polar surface area (TPSA) is 52.6 Å². The first-order chi connectivity index (χ1) is 15.7. The highest BCUT2D eigenvalue weighted by atomic mass is 16.5. The summed E-state index contributed by atoms with van der Waals surface area (Å²) in [5.41, 5.74) is 2.73. The number of hydrogen-bond acceptors (Lipinski definition) is 4. The van der Waals surface area contributed by atoms with Crippen molar-refractivity contribution in [2.45, 2.75) is 6.42 Å². The van der Waals surface area contributed by atoms with Gasteiger partial charge in [0.05, 0.1) is 12.2 Å². The van der Waals surface area contributed by atoms with Gasteiger partial charge in [-0.15, -0.1) is 0 Å². The molecule has 0 N–H and O–H groups in total. The summed E-state index contributed by atoms with van der Waals surface area (Å²) in [6.07, 6.45) is 0.781. The Bertz CT molecular complexity index is 1180. The number of carbonyl (C=O) groups is 2. The maximum atomic E-state index is 12.6. The van der Waals surface area contributed by atoms with Crippen LogP contribution in [0.2, 0.25) is 0 Å². The van der Waals surface area contributed by atoms with Gasteiger partial charge in [-0.2, -0.15) is 0 Å². The standard InChI is InChI=1S/C28H22O4/c29-27(22-10-5-2-6-11-22)23-14-16-25(17-15-23)32-28(30)24-12-7-13-26(20-24)31-19-18-21-8-3-1-4-9-21/h1-17,20H,18-19H2. The highest BCUT2D eigenvalue weighted by Crippen LogP contribution is 2.19. The van der Waals surface area contributed by atoms with Gasteiger partial charge in [0.1, 0.15) is 11.5 Å². The SMILES string of the molecule is O=C(Oc1ccc(C(=O)c2ccccc2)cc1)c1cccc(OCCc2ccccc2)c1. The molecule has 0 radical (unpaired) electrons. The minimum Gasteiger partial charge on any atom is -0.493 e. The average molecular weight is 422 g/mol. The molecule has 0 bridgehead atoms. The van der Waals surface area contributed by atoms with Crippen LogP contribution in [0, 0.1) is 0 Å². The molecule has 0 spiro atoms.